The van der Waals surface area contributed by atoms with Crippen molar-refractivity contribution in [2.75, 3.05) is 6.61 Å². The van der Waals surface area contributed by atoms with Crippen molar-refractivity contribution in [3.63, 3.8) is 0 Å². The van der Waals surface area contributed by atoms with Crippen LogP contribution in [0.2, 0.25) is 0 Å². The summed E-state index contributed by atoms with van der Waals surface area (Å²) in [4.78, 5) is 0. The van der Waals surface area contributed by atoms with E-state index in [-0.39, 0.29) is 17.3 Å². The predicted molar refractivity (Wildman–Crippen MR) is 89.9 cm³/mol. The Labute approximate surface area is 138 Å². The molecular weight excluding hydrogens is 288 g/mol. The zero-order valence-corrected chi connectivity index (χ0v) is 14.2. The van der Waals surface area contributed by atoms with Crippen molar-refractivity contribution in [2.45, 2.75) is 64.4 Å². The van der Waals surface area contributed by atoms with Crippen LogP contribution in [0, 0.1) is 17.3 Å². The molecule has 0 unspecified atom stereocenters. The second-order valence-electron chi connectivity index (χ2n) is 8.00. The number of phenols is 1. The molecule has 23 heavy (non-hydrogen) atoms. The third-order valence-corrected chi connectivity index (χ3v) is 7.05. The number of hydrogen-bond acceptors (Lipinski definition) is 3. The van der Waals surface area contributed by atoms with Gasteiger partial charge in [0.1, 0.15) is 0 Å². The van der Waals surface area contributed by atoms with E-state index in [1.54, 1.807) is 0 Å². The SMILES string of the molecule is CCOc1cc2c(cc1O)CC[C@@H]1[C@@H]2CC[C@]2(C)[C@H](O)CC[C@@H]12. The van der Waals surface area contributed by atoms with Crippen LogP contribution in [0.4, 0.5) is 0 Å². The molecule has 0 saturated heterocycles. The lowest BCUT2D eigenvalue weighted by Gasteiger charge is -2.50. The van der Waals surface area contributed by atoms with Crippen LogP contribution in [0.3, 0.4) is 0 Å². The zero-order valence-electron chi connectivity index (χ0n) is 14.2. The smallest absolute Gasteiger partial charge is 0.161 e. The van der Waals surface area contributed by atoms with E-state index in [1.165, 1.54) is 24.0 Å². The Hall–Kier alpha value is -1.22. The summed E-state index contributed by atoms with van der Waals surface area (Å²) < 4.78 is 5.62. The van der Waals surface area contributed by atoms with Gasteiger partial charge in [-0.3, -0.25) is 0 Å². The fourth-order valence-electron chi connectivity index (χ4n) is 5.83. The van der Waals surface area contributed by atoms with Gasteiger partial charge in [-0.25, -0.2) is 0 Å². The molecule has 3 aliphatic carbocycles. The molecule has 0 spiro atoms. The molecule has 126 valence electrons. The number of benzene rings is 1. The minimum absolute atomic E-state index is 0.117. The molecule has 0 heterocycles. The number of ether oxygens (including phenoxy) is 1. The highest BCUT2D eigenvalue weighted by Crippen LogP contribution is 2.61. The average Bonchev–Trinajstić information content (AvgIpc) is 2.84. The number of aliphatic hydroxyl groups excluding tert-OH is 1. The Morgan fingerprint density at radius 1 is 1.22 bits per heavy atom. The van der Waals surface area contributed by atoms with Gasteiger partial charge in [-0.1, -0.05) is 6.92 Å². The van der Waals surface area contributed by atoms with E-state index in [4.69, 9.17) is 4.74 Å². The van der Waals surface area contributed by atoms with Gasteiger partial charge in [0, 0.05) is 0 Å². The highest BCUT2D eigenvalue weighted by molar-refractivity contribution is 5.49. The van der Waals surface area contributed by atoms with Gasteiger partial charge >= 0.3 is 0 Å². The molecule has 3 aliphatic rings. The summed E-state index contributed by atoms with van der Waals surface area (Å²) in [6.45, 7) is 4.84. The maximum Gasteiger partial charge on any atom is 0.161 e. The standard InChI is InChI=1S/C20H28O3/c1-3-23-18-11-15-12(10-17(18)21)4-5-14-13(15)8-9-20(2)16(14)6-7-19(20)22/h10-11,13-14,16,19,21-22H,3-9H2,1-2H3/t13-,14+,16-,19+,20-/m0/s1. The second-order valence-corrected chi connectivity index (χ2v) is 8.00. The summed E-state index contributed by atoms with van der Waals surface area (Å²) in [6, 6.07) is 4.02. The zero-order chi connectivity index (χ0) is 16.2. The minimum atomic E-state index is -0.117. The lowest BCUT2D eigenvalue weighted by atomic mass is 9.55. The van der Waals surface area contributed by atoms with Crippen LogP contribution in [0.5, 0.6) is 11.5 Å². The van der Waals surface area contributed by atoms with Gasteiger partial charge in [0.25, 0.3) is 0 Å². The van der Waals surface area contributed by atoms with E-state index in [0.717, 1.165) is 25.7 Å². The molecule has 3 nitrogen and oxygen atoms in total. The molecule has 0 amide bonds. The van der Waals surface area contributed by atoms with Crippen molar-refractivity contribution in [3.05, 3.63) is 23.3 Å². The summed E-state index contributed by atoms with van der Waals surface area (Å²) in [6.07, 6.45) is 6.52. The molecule has 0 bridgehead atoms. The van der Waals surface area contributed by atoms with E-state index in [9.17, 15) is 10.2 Å². The first-order chi connectivity index (χ1) is 11.0. The first-order valence-corrected chi connectivity index (χ1v) is 9.21. The fraction of sp³-hybridized carbons (Fsp3) is 0.700. The molecule has 5 atom stereocenters. The van der Waals surface area contributed by atoms with Crippen molar-refractivity contribution >= 4 is 0 Å². The van der Waals surface area contributed by atoms with E-state index >= 15 is 0 Å². The fourth-order valence-corrected chi connectivity index (χ4v) is 5.83. The monoisotopic (exact) mass is 316 g/mol. The number of aromatic hydroxyl groups is 1. The molecule has 0 aliphatic heterocycles. The molecule has 2 saturated carbocycles. The van der Waals surface area contributed by atoms with Gasteiger partial charge in [0.2, 0.25) is 0 Å². The number of aliphatic hydroxyl groups is 1. The number of phenolic OH excluding ortho intramolecular Hbond substituents is 1. The van der Waals surface area contributed by atoms with E-state index in [2.05, 4.69) is 13.0 Å². The van der Waals surface area contributed by atoms with E-state index < -0.39 is 0 Å². The van der Waals surface area contributed by atoms with Crippen molar-refractivity contribution in [2.24, 2.45) is 17.3 Å². The number of rotatable bonds is 2. The lowest BCUT2D eigenvalue weighted by molar-refractivity contribution is -0.0226. The Balaban J connectivity index is 1.70. The third kappa shape index (κ3) is 2.20. The first-order valence-electron chi connectivity index (χ1n) is 9.21. The molecule has 2 N–H and O–H groups in total. The molecular formula is C20H28O3. The molecule has 1 aromatic carbocycles. The Morgan fingerprint density at radius 3 is 2.83 bits per heavy atom. The first kappa shape index (κ1) is 15.3. The Bertz CT molecular complexity index is 611. The van der Waals surface area contributed by atoms with Crippen molar-refractivity contribution in [1.29, 1.82) is 0 Å². The van der Waals surface area contributed by atoms with Crippen molar-refractivity contribution < 1.29 is 14.9 Å². The minimum Gasteiger partial charge on any atom is -0.504 e. The summed E-state index contributed by atoms with van der Waals surface area (Å²) in [5.74, 6) is 2.81. The van der Waals surface area contributed by atoms with Crippen LogP contribution in [-0.4, -0.2) is 22.9 Å². The van der Waals surface area contributed by atoms with Crippen molar-refractivity contribution in [3.8, 4) is 11.5 Å². The topological polar surface area (TPSA) is 49.7 Å². The quantitative estimate of drug-likeness (QED) is 0.867. The van der Waals surface area contributed by atoms with Gasteiger partial charge < -0.3 is 14.9 Å². The van der Waals surface area contributed by atoms with Gasteiger partial charge in [-0.05, 0) is 91.9 Å². The molecule has 1 aromatic rings. The second kappa shape index (κ2) is 5.41. The van der Waals surface area contributed by atoms with Gasteiger partial charge in [0.15, 0.2) is 11.5 Å². The number of fused-ring (bicyclic) bond motifs is 5. The average molecular weight is 316 g/mol. The largest absolute Gasteiger partial charge is 0.504 e. The number of hydrogen-bond donors (Lipinski definition) is 2. The van der Waals surface area contributed by atoms with Crippen LogP contribution in [0.1, 0.15) is 63.0 Å². The van der Waals surface area contributed by atoms with Crippen LogP contribution in [0.25, 0.3) is 0 Å². The van der Waals surface area contributed by atoms with Crippen LogP contribution in [-0.2, 0) is 6.42 Å². The number of aryl methyl sites for hydroxylation is 1. The third-order valence-electron chi connectivity index (χ3n) is 7.05. The van der Waals surface area contributed by atoms with E-state index in [1.807, 2.05) is 13.0 Å². The predicted octanol–water partition coefficient (Wildman–Crippen LogP) is 4.01. The Morgan fingerprint density at radius 2 is 2.04 bits per heavy atom. The summed E-state index contributed by atoms with van der Waals surface area (Å²) in [5, 5.41) is 20.6. The van der Waals surface area contributed by atoms with Crippen LogP contribution in [0.15, 0.2) is 12.1 Å². The summed E-state index contributed by atoms with van der Waals surface area (Å²) in [7, 11) is 0. The summed E-state index contributed by atoms with van der Waals surface area (Å²) in [5.41, 5.74) is 2.82. The molecule has 0 radical (unpaired) electrons. The summed E-state index contributed by atoms with van der Waals surface area (Å²) >= 11 is 0. The van der Waals surface area contributed by atoms with Crippen LogP contribution >= 0.6 is 0 Å². The highest BCUT2D eigenvalue weighted by Gasteiger charge is 2.54. The molecule has 3 heteroatoms. The molecule has 0 aromatic heterocycles. The van der Waals surface area contributed by atoms with Crippen LogP contribution < -0.4 is 4.74 Å². The van der Waals surface area contributed by atoms with Gasteiger partial charge in [0.05, 0.1) is 12.7 Å². The Kier molecular flexibility index (Phi) is 3.60. The van der Waals surface area contributed by atoms with Crippen molar-refractivity contribution in [1.82, 2.24) is 0 Å². The van der Waals surface area contributed by atoms with Gasteiger partial charge in [-0.15, -0.1) is 0 Å². The maximum atomic E-state index is 10.5. The lowest BCUT2D eigenvalue weighted by Crippen LogP contribution is -2.43. The highest BCUT2D eigenvalue weighted by atomic mass is 16.5. The maximum absolute atomic E-state index is 10.5. The normalized spacial score (nSPS) is 38.6. The molecule has 2 fully saturated rings. The van der Waals surface area contributed by atoms with E-state index in [0.29, 0.717) is 30.1 Å². The van der Waals surface area contributed by atoms with Gasteiger partial charge in [-0.2, -0.15) is 0 Å². The molecule has 4 rings (SSSR count).